The summed E-state index contributed by atoms with van der Waals surface area (Å²) >= 11 is 3.51. The van der Waals surface area contributed by atoms with Gasteiger partial charge < -0.3 is 18.9 Å². The van der Waals surface area contributed by atoms with Gasteiger partial charge in [0.1, 0.15) is 22.3 Å². The average molecular weight is 1320 g/mol. The second kappa shape index (κ2) is 24.4. The lowest BCUT2D eigenvalue weighted by atomic mass is 9.72. The van der Waals surface area contributed by atoms with Crippen molar-refractivity contribution in [2.75, 3.05) is 0 Å². The smallest absolute Gasteiger partial charge is 0.455 e. The number of fused-ring (bicyclic) bond motifs is 16. The van der Waals surface area contributed by atoms with Crippen LogP contribution in [-0.2, 0) is 0 Å². The maximum absolute atomic E-state index is 10.2. The first-order valence-corrected chi connectivity index (χ1v) is 33.9. The molecular formula is C92H58BBrO4. The quantitative estimate of drug-likeness (QED) is 0.129. The number of furan rings is 2. The third-order valence-corrected chi connectivity index (χ3v) is 20.1. The lowest BCUT2D eigenvalue weighted by Crippen LogP contribution is -2.31. The molecule has 0 amide bonds. The van der Waals surface area contributed by atoms with Gasteiger partial charge in [-0.25, -0.2) is 0 Å². The predicted molar refractivity (Wildman–Crippen MR) is 419 cm³/mol. The lowest BCUT2D eigenvalue weighted by Gasteiger charge is -2.18. The Balaban J connectivity index is 0.000000118. The van der Waals surface area contributed by atoms with Crippen molar-refractivity contribution in [1.29, 1.82) is 0 Å². The molecule has 98 heavy (non-hydrogen) atoms. The number of benzene rings is 18. The van der Waals surface area contributed by atoms with Gasteiger partial charge in [0.2, 0.25) is 0 Å². The molecule has 0 bridgehead atoms. The molecule has 6 heteroatoms. The molecule has 4 nitrogen and oxygen atoms in total. The molecule has 20 rings (SSSR count). The van der Waals surface area contributed by atoms with Gasteiger partial charge in [-0.15, -0.1) is 0 Å². The van der Waals surface area contributed by atoms with Gasteiger partial charge >= 0.3 is 7.12 Å². The van der Waals surface area contributed by atoms with E-state index >= 15 is 0 Å². The first kappa shape index (κ1) is 58.7. The van der Waals surface area contributed by atoms with E-state index in [9.17, 15) is 10.0 Å². The molecule has 0 saturated heterocycles. The summed E-state index contributed by atoms with van der Waals surface area (Å²) in [4.78, 5) is 0. The van der Waals surface area contributed by atoms with Crippen LogP contribution >= 0.6 is 15.9 Å². The van der Waals surface area contributed by atoms with Gasteiger partial charge in [0, 0.05) is 36.8 Å². The van der Waals surface area contributed by atoms with Gasteiger partial charge in [-0.3, -0.25) is 0 Å². The summed E-state index contributed by atoms with van der Waals surface area (Å²) in [7, 11) is -1.54. The SMILES string of the molecule is Brc1ccc2oc3c4ccccc4ccc3c2c1.OB(O)c1c2ccccc2c(-c2cccc(-c3ccc4ccccc4c3)c2)c2ccccc12.c1cc(-c2ccc3ccccc3c2)cc(-c2c3ccccc3c(-c3ccc4oc5c6ccccc6ccc5c4c3)c3ccccc23)c1. The van der Waals surface area contributed by atoms with Crippen LogP contribution < -0.4 is 5.46 Å². The largest absolute Gasteiger partial charge is 0.489 e. The van der Waals surface area contributed by atoms with E-state index in [1.54, 1.807) is 0 Å². The van der Waals surface area contributed by atoms with Crippen LogP contribution in [0.3, 0.4) is 0 Å². The van der Waals surface area contributed by atoms with Crippen LogP contribution in [0.4, 0.5) is 0 Å². The fraction of sp³-hybridized carbons (Fsp3) is 0. The zero-order valence-electron chi connectivity index (χ0n) is 53.0. The topological polar surface area (TPSA) is 66.7 Å². The molecule has 2 aromatic heterocycles. The van der Waals surface area contributed by atoms with Gasteiger partial charge in [0.05, 0.1) is 0 Å². The van der Waals surface area contributed by atoms with Crippen molar-refractivity contribution in [2.24, 2.45) is 0 Å². The van der Waals surface area contributed by atoms with Crippen LogP contribution in [0.25, 0.3) is 186 Å². The molecule has 0 saturated carbocycles. The maximum atomic E-state index is 10.2. The van der Waals surface area contributed by atoms with E-state index in [0.717, 1.165) is 86.6 Å². The monoisotopic (exact) mass is 1320 g/mol. The van der Waals surface area contributed by atoms with Crippen LogP contribution in [0.5, 0.6) is 0 Å². The molecule has 2 heterocycles. The second-order valence-electron chi connectivity index (χ2n) is 25.3. The Morgan fingerprint density at radius 3 is 0.969 bits per heavy atom. The molecule has 0 atom stereocenters. The van der Waals surface area contributed by atoms with E-state index in [0.29, 0.717) is 5.46 Å². The van der Waals surface area contributed by atoms with Crippen LogP contribution in [0.2, 0.25) is 0 Å². The van der Waals surface area contributed by atoms with Gasteiger partial charge in [-0.05, 0) is 203 Å². The van der Waals surface area contributed by atoms with Crippen LogP contribution in [0, 0.1) is 0 Å². The van der Waals surface area contributed by atoms with Crippen molar-refractivity contribution < 1.29 is 18.9 Å². The molecular weight excluding hydrogens is 1260 g/mol. The molecule has 460 valence electrons. The molecule has 0 aliphatic carbocycles. The van der Waals surface area contributed by atoms with Gasteiger partial charge in [0.15, 0.2) is 0 Å². The highest BCUT2D eigenvalue weighted by Crippen LogP contribution is 2.47. The van der Waals surface area contributed by atoms with Crippen molar-refractivity contribution in [2.45, 2.75) is 0 Å². The van der Waals surface area contributed by atoms with E-state index in [-0.39, 0.29) is 0 Å². The third kappa shape index (κ3) is 10.2. The Hall–Kier alpha value is -11.9. The second-order valence-corrected chi connectivity index (χ2v) is 26.2. The highest BCUT2D eigenvalue weighted by molar-refractivity contribution is 9.10. The zero-order chi connectivity index (χ0) is 65.4. The number of rotatable bonds is 6. The highest BCUT2D eigenvalue weighted by Gasteiger charge is 2.24. The summed E-state index contributed by atoms with van der Waals surface area (Å²) in [6.45, 7) is 0. The van der Waals surface area contributed by atoms with Crippen molar-refractivity contribution in [1.82, 2.24) is 0 Å². The Kier molecular flexibility index (Phi) is 14.6. The molecule has 0 aliphatic rings. The first-order chi connectivity index (χ1) is 48.3. The Bertz CT molecular complexity index is 6470. The minimum atomic E-state index is -1.54. The highest BCUT2D eigenvalue weighted by atomic mass is 79.9. The molecule has 2 N–H and O–H groups in total. The van der Waals surface area contributed by atoms with E-state index in [1.807, 2.05) is 60.7 Å². The van der Waals surface area contributed by atoms with Crippen LogP contribution in [-0.4, -0.2) is 17.2 Å². The van der Waals surface area contributed by atoms with E-state index < -0.39 is 7.12 Å². The third-order valence-electron chi connectivity index (χ3n) is 19.6. The summed E-state index contributed by atoms with van der Waals surface area (Å²) in [6, 6.07) is 120. The summed E-state index contributed by atoms with van der Waals surface area (Å²) in [5, 5.41) is 43.5. The molecule has 0 spiro atoms. The minimum Gasteiger partial charge on any atom is -0.455 e. The molecule has 18 aromatic carbocycles. The molecule has 20 aromatic rings. The fourth-order valence-electron chi connectivity index (χ4n) is 15.1. The summed E-state index contributed by atoms with van der Waals surface area (Å²) in [5.74, 6) is 0. The maximum Gasteiger partial charge on any atom is 0.489 e. The first-order valence-electron chi connectivity index (χ1n) is 33.1. The van der Waals surface area contributed by atoms with Crippen molar-refractivity contribution in [3.63, 3.8) is 0 Å². The summed E-state index contributed by atoms with van der Waals surface area (Å²) in [5.41, 5.74) is 16.2. The van der Waals surface area contributed by atoms with Crippen LogP contribution in [0.1, 0.15) is 0 Å². The van der Waals surface area contributed by atoms with Gasteiger partial charge in [0.25, 0.3) is 0 Å². The Labute approximate surface area is 573 Å². The summed E-state index contributed by atoms with van der Waals surface area (Å²) < 4.78 is 13.6. The number of hydrogen-bond acceptors (Lipinski definition) is 4. The van der Waals surface area contributed by atoms with Crippen LogP contribution in [0.15, 0.2) is 353 Å². The zero-order valence-corrected chi connectivity index (χ0v) is 54.6. The van der Waals surface area contributed by atoms with Crippen molar-refractivity contribution in [3.8, 4) is 55.6 Å². The number of halogens is 1. The number of hydrogen-bond donors (Lipinski definition) is 2. The van der Waals surface area contributed by atoms with E-state index in [4.69, 9.17) is 8.83 Å². The minimum absolute atomic E-state index is 0.552. The van der Waals surface area contributed by atoms with Gasteiger partial charge in [-0.1, -0.05) is 289 Å². The fourth-order valence-corrected chi connectivity index (χ4v) is 15.4. The Morgan fingerprint density at radius 1 is 0.214 bits per heavy atom. The van der Waals surface area contributed by atoms with E-state index in [2.05, 4.69) is 295 Å². The van der Waals surface area contributed by atoms with Crippen molar-refractivity contribution in [3.05, 3.63) is 344 Å². The lowest BCUT2D eigenvalue weighted by molar-refractivity contribution is 0.426. The van der Waals surface area contributed by atoms with Gasteiger partial charge in [-0.2, -0.15) is 0 Å². The normalized spacial score (nSPS) is 11.6. The molecule has 0 aliphatic heterocycles. The van der Waals surface area contributed by atoms with Crippen molar-refractivity contribution >= 4 is 159 Å². The predicted octanol–water partition coefficient (Wildman–Crippen LogP) is 24.9. The molecule has 0 unspecified atom stereocenters. The van der Waals surface area contributed by atoms with E-state index in [1.165, 1.54) is 104 Å². The summed E-state index contributed by atoms with van der Waals surface area (Å²) in [6.07, 6.45) is 0. The Morgan fingerprint density at radius 2 is 0.531 bits per heavy atom. The standard InChI is InChI=1S/C46H28O.C30H21BO2.C16H9BrO/c1-2-12-31-26-33(21-20-29(31)10-1)32-13-9-14-34(27-32)44-37-16-5-7-18-39(37)45(40-19-8-6-17-38(40)44)35-23-25-43-42(28-35)41-24-22-30-11-3-4-15-36(30)46(41)47-43;32-31(33)30-27-14-5-3-12-25(27)29(26-13-4-6-15-28(26)30)24-11-7-10-22(19-24)23-17-16-20-8-1-2-9-21(20)18-23;17-11-6-8-15-14(9-11)13-7-5-10-3-1-2-4-12(10)16(13)18-15/h1-28H;1-19,32-33H;1-9H. The molecule has 0 fully saturated rings. The average Bonchev–Trinajstić information content (AvgIpc) is 1.12. The molecule has 0 radical (unpaired) electrons.